The van der Waals surface area contributed by atoms with Crippen molar-refractivity contribution in [2.24, 2.45) is 0 Å². The highest BCUT2D eigenvalue weighted by molar-refractivity contribution is 6.29. The van der Waals surface area contributed by atoms with E-state index in [9.17, 15) is 0 Å². The smallest absolute Gasteiger partial charge is 0.143 e. The summed E-state index contributed by atoms with van der Waals surface area (Å²) >= 11 is 0. The van der Waals surface area contributed by atoms with Gasteiger partial charge in [0.05, 0.1) is 0 Å². The third-order valence-corrected chi connectivity index (χ3v) is 11.4. The zero-order valence-corrected chi connectivity index (χ0v) is 29.1. The number of fused-ring (bicyclic) bond motifs is 11. The SMILES string of the molecule is c1ccc2cc(-c3c4ccccc4c(-c4ccc(-c5c6ccccc6cc6c5oc5ccc7oc8ccccc8c7c56)cc4)c4ccccc34)ccc2c1. The molecule has 0 fully saturated rings. The first-order valence-electron chi connectivity index (χ1n) is 18.5. The molecule has 0 aliphatic rings. The molecule has 0 saturated heterocycles. The number of hydrogen-bond donors (Lipinski definition) is 0. The van der Waals surface area contributed by atoms with Crippen LogP contribution in [-0.4, -0.2) is 0 Å². The van der Waals surface area contributed by atoms with Crippen LogP contribution in [0.15, 0.2) is 191 Å². The lowest BCUT2D eigenvalue weighted by Crippen LogP contribution is -1.91. The number of para-hydroxylation sites is 1. The fourth-order valence-electron chi connectivity index (χ4n) is 9.07. The van der Waals surface area contributed by atoms with Crippen molar-refractivity contribution in [3.05, 3.63) is 182 Å². The number of benzene rings is 10. The van der Waals surface area contributed by atoms with E-state index in [1.165, 1.54) is 65.3 Å². The van der Waals surface area contributed by atoms with Gasteiger partial charge in [0.15, 0.2) is 0 Å². The van der Waals surface area contributed by atoms with Crippen LogP contribution in [0.25, 0.3) is 120 Å². The van der Waals surface area contributed by atoms with E-state index in [0.717, 1.165) is 55.0 Å². The molecule has 10 aromatic carbocycles. The van der Waals surface area contributed by atoms with E-state index < -0.39 is 0 Å². The van der Waals surface area contributed by atoms with E-state index in [-0.39, 0.29) is 0 Å². The molecule has 12 aromatic rings. The summed E-state index contributed by atoms with van der Waals surface area (Å²) < 4.78 is 13.1. The van der Waals surface area contributed by atoms with Crippen LogP contribution in [0.1, 0.15) is 0 Å². The molecule has 0 aliphatic carbocycles. The second-order valence-corrected chi connectivity index (χ2v) is 14.3. The monoisotopic (exact) mass is 686 g/mol. The summed E-state index contributed by atoms with van der Waals surface area (Å²) in [5.74, 6) is 0. The van der Waals surface area contributed by atoms with E-state index >= 15 is 0 Å². The summed E-state index contributed by atoms with van der Waals surface area (Å²) in [6.45, 7) is 0. The molecule has 250 valence electrons. The maximum absolute atomic E-state index is 6.84. The lowest BCUT2D eigenvalue weighted by molar-refractivity contribution is 0.663. The Kier molecular flexibility index (Phi) is 6.09. The summed E-state index contributed by atoms with van der Waals surface area (Å²) in [5, 5.41) is 14.2. The molecule has 0 unspecified atom stereocenters. The molecule has 2 nitrogen and oxygen atoms in total. The molecule has 0 bridgehead atoms. The average Bonchev–Trinajstić information content (AvgIpc) is 3.80. The summed E-state index contributed by atoms with van der Waals surface area (Å²) in [7, 11) is 0. The van der Waals surface area contributed by atoms with Gasteiger partial charge in [-0.2, -0.15) is 0 Å². The van der Waals surface area contributed by atoms with Gasteiger partial charge in [-0.1, -0.05) is 152 Å². The molecular formula is C52H30O2. The van der Waals surface area contributed by atoms with Crippen molar-refractivity contribution in [3.8, 4) is 33.4 Å². The van der Waals surface area contributed by atoms with Crippen LogP contribution in [0.5, 0.6) is 0 Å². The molecule has 12 rings (SSSR count). The van der Waals surface area contributed by atoms with Crippen LogP contribution in [0, 0.1) is 0 Å². The quantitative estimate of drug-likeness (QED) is 0.173. The maximum Gasteiger partial charge on any atom is 0.143 e. The van der Waals surface area contributed by atoms with E-state index in [0.29, 0.717) is 0 Å². The highest BCUT2D eigenvalue weighted by Crippen LogP contribution is 2.47. The van der Waals surface area contributed by atoms with Crippen molar-refractivity contribution in [2.75, 3.05) is 0 Å². The van der Waals surface area contributed by atoms with Crippen LogP contribution in [0.2, 0.25) is 0 Å². The number of rotatable bonds is 3. The van der Waals surface area contributed by atoms with Gasteiger partial charge in [-0.3, -0.25) is 0 Å². The Labute approximate surface area is 310 Å². The molecule has 0 N–H and O–H groups in total. The van der Waals surface area contributed by atoms with Crippen LogP contribution in [0.4, 0.5) is 0 Å². The van der Waals surface area contributed by atoms with Crippen molar-refractivity contribution in [3.63, 3.8) is 0 Å². The normalized spacial score (nSPS) is 12.1. The van der Waals surface area contributed by atoms with Gasteiger partial charge in [0.25, 0.3) is 0 Å². The van der Waals surface area contributed by atoms with Crippen molar-refractivity contribution in [1.29, 1.82) is 0 Å². The van der Waals surface area contributed by atoms with Gasteiger partial charge in [-0.25, -0.2) is 0 Å². The molecule has 0 spiro atoms. The highest BCUT2D eigenvalue weighted by atomic mass is 16.3. The third kappa shape index (κ3) is 4.17. The number of hydrogen-bond acceptors (Lipinski definition) is 2. The molecule has 0 radical (unpaired) electrons. The Morgan fingerprint density at radius 1 is 0.259 bits per heavy atom. The maximum atomic E-state index is 6.84. The second-order valence-electron chi connectivity index (χ2n) is 14.3. The van der Waals surface area contributed by atoms with Gasteiger partial charge in [0, 0.05) is 27.1 Å². The molecule has 2 aromatic heterocycles. The third-order valence-electron chi connectivity index (χ3n) is 11.4. The Hall–Kier alpha value is -7.16. The van der Waals surface area contributed by atoms with Gasteiger partial charge in [-0.05, 0) is 101 Å². The van der Waals surface area contributed by atoms with E-state index in [2.05, 4.69) is 164 Å². The molecule has 2 heterocycles. The van der Waals surface area contributed by atoms with Crippen LogP contribution in [-0.2, 0) is 0 Å². The van der Waals surface area contributed by atoms with Gasteiger partial charge >= 0.3 is 0 Å². The minimum absolute atomic E-state index is 0.863. The van der Waals surface area contributed by atoms with E-state index in [4.69, 9.17) is 8.83 Å². The van der Waals surface area contributed by atoms with Gasteiger partial charge in [0.1, 0.15) is 22.3 Å². The molecule has 0 saturated carbocycles. The minimum Gasteiger partial charge on any atom is -0.456 e. The van der Waals surface area contributed by atoms with Crippen LogP contribution < -0.4 is 0 Å². The first-order valence-corrected chi connectivity index (χ1v) is 18.5. The summed E-state index contributed by atoms with van der Waals surface area (Å²) in [5.41, 5.74) is 10.7. The van der Waals surface area contributed by atoms with E-state index in [1.807, 2.05) is 18.2 Å². The summed E-state index contributed by atoms with van der Waals surface area (Å²) in [6.07, 6.45) is 0. The van der Waals surface area contributed by atoms with Gasteiger partial charge in [0.2, 0.25) is 0 Å². The molecular weight excluding hydrogens is 657 g/mol. The van der Waals surface area contributed by atoms with E-state index in [1.54, 1.807) is 0 Å². The fourth-order valence-corrected chi connectivity index (χ4v) is 9.07. The first-order chi connectivity index (χ1) is 26.8. The average molecular weight is 687 g/mol. The predicted octanol–water partition coefficient (Wildman–Crippen LogP) is 15.1. The largest absolute Gasteiger partial charge is 0.456 e. The lowest BCUT2D eigenvalue weighted by Gasteiger charge is -2.18. The Morgan fingerprint density at radius 3 is 1.43 bits per heavy atom. The molecule has 54 heavy (non-hydrogen) atoms. The Balaban J connectivity index is 1.09. The fraction of sp³-hybridized carbons (Fsp3) is 0. The zero-order chi connectivity index (χ0) is 35.3. The van der Waals surface area contributed by atoms with Crippen molar-refractivity contribution in [2.45, 2.75) is 0 Å². The highest BCUT2D eigenvalue weighted by Gasteiger charge is 2.22. The Morgan fingerprint density at radius 2 is 0.741 bits per heavy atom. The van der Waals surface area contributed by atoms with Gasteiger partial charge < -0.3 is 8.83 Å². The van der Waals surface area contributed by atoms with Crippen LogP contribution >= 0.6 is 0 Å². The topological polar surface area (TPSA) is 26.3 Å². The first kappa shape index (κ1) is 29.4. The standard InChI is InChI=1S/C52H30O2/c1-2-12-34-29-36(26-21-31(34)11-1)48-40-17-7-5-15-38(40)47(39-16-6-8-18-41(39)48)32-22-24-33(25-23-32)49-37-14-4-3-13-35(37)30-43-51-46(54-52(43)49)28-27-45-50(51)42-19-9-10-20-44(42)53-45/h1-30H. The van der Waals surface area contributed by atoms with Crippen molar-refractivity contribution < 1.29 is 8.83 Å². The van der Waals surface area contributed by atoms with Crippen molar-refractivity contribution in [1.82, 2.24) is 0 Å². The molecule has 0 atom stereocenters. The molecule has 2 heteroatoms. The molecule has 0 aliphatic heterocycles. The summed E-state index contributed by atoms with van der Waals surface area (Å²) in [6, 6.07) is 65.6. The molecule has 0 amide bonds. The Bertz CT molecular complexity index is 3430. The predicted molar refractivity (Wildman–Crippen MR) is 227 cm³/mol. The minimum atomic E-state index is 0.863. The van der Waals surface area contributed by atoms with Gasteiger partial charge in [-0.15, -0.1) is 0 Å². The lowest BCUT2D eigenvalue weighted by atomic mass is 9.85. The number of furan rings is 2. The van der Waals surface area contributed by atoms with Crippen molar-refractivity contribution >= 4 is 87.0 Å². The summed E-state index contributed by atoms with van der Waals surface area (Å²) in [4.78, 5) is 0. The second kappa shape index (κ2) is 11.2. The zero-order valence-electron chi connectivity index (χ0n) is 29.1. The van der Waals surface area contributed by atoms with Crippen LogP contribution in [0.3, 0.4) is 0 Å².